The predicted octanol–water partition coefficient (Wildman–Crippen LogP) is 2.39. The number of Topliss-reactive ketones (excluding diaryl/α,β-unsaturated/α-hetero) is 1. The van der Waals surface area contributed by atoms with Gasteiger partial charge in [-0.05, 0) is 19.1 Å². The van der Waals surface area contributed by atoms with Crippen LogP contribution in [0.1, 0.15) is 17.3 Å². The van der Waals surface area contributed by atoms with Crippen molar-refractivity contribution in [1.29, 1.82) is 0 Å². The number of phenolic OH excluding ortho intramolecular Hbond substituents is 1. The highest BCUT2D eigenvalue weighted by Crippen LogP contribution is 2.26. The molecule has 64 valence electrons. The molecule has 0 bridgehead atoms. The minimum absolute atomic E-state index is 0.0995. The van der Waals surface area contributed by atoms with Gasteiger partial charge in [0.05, 0.1) is 10.6 Å². The molecule has 1 aromatic rings. The van der Waals surface area contributed by atoms with Crippen molar-refractivity contribution in [1.82, 2.24) is 0 Å². The van der Waals surface area contributed by atoms with Gasteiger partial charge in [0.2, 0.25) is 0 Å². The average molecular weight is 189 g/mol. The monoisotopic (exact) mass is 188 g/mol. The number of carbonyl (C=O) groups is 1. The fourth-order valence-corrected chi connectivity index (χ4v) is 0.958. The number of aromatic hydroxyl groups is 1. The number of phenols is 1. The molecule has 1 aromatic carbocycles. The van der Waals surface area contributed by atoms with Gasteiger partial charge in [0, 0.05) is 0 Å². The van der Waals surface area contributed by atoms with Gasteiger partial charge in [-0.15, -0.1) is 0 Å². The van der Waals surface area contributed by atoms with E-state index in [1.165, 1.54) is 6.92 Å². The normalized spacial score (nSPS) is 9.92. The minimum atomic E-state index is -0.717. The first-order valence-corrected chi connectivity index (χ1v) is 3.59. The van der Waals surface area contributed by atoms with Crippen LogP contribution in [0, 0.1) is 5.82 Å². The van der Waals surface area contributed by atoms with Crippen molar-refractivity contribution in [2.45, 2.75) is 6.92 Å². The number of hydrogen-bond donors (Lipinski definition) is 1. The van der Waals surface area contributed by atoms with E-state index >= 15 is 0 Å². The zero-order valence-corrected chi connectivity index (χ0v) is 7.02. The third-order valence-electron chi connectivity index (χ3n) is 1.42. The van der Waals surface area contributed by atoms with E-state index in [4.69, 9.17) is 16.7 Å². The van der Waals surface area contributed by atoms with Gasteiger partial charge in [0.1, 0.15) is 11.6 Å². The largest absolute Gasteiger partial charge is 0.506 e. The Morgan fingerprint density at radius 2 is 2.17 bits per heavy atom. The van der Waals surface area contributed by atoms with Crippen molar-refractivity contribution in [3.05, 3.63) is 28.5 Å². The van der Waals surface area contributed by atoms with E-state index < -0.39 is 11.6 Å². The second kappa shape index (κ2) is 3.11. The summed E-state index contributed by atoms with van der Waals surface area (Å²) in [6, 6.07) is 1.92. The first-order chi connectivity index (χ1) is 5.52. The highest BCUT2D eigenvalue weighted by atomic mass is 35.5. The quantitative estimate of drug-likeness (QED) is 0.687. The maximum Gasteiger partial charge on any atom is 0.162 e. The summed E-state index contributed by atoms with van der Waals surface area (Å²) in [6.07, 6.45) is 0. The third kappa shape index (κ3) is 1.56. The van der Waals surface area contributed by atoms with Gasteiger partial charge in [-0.2, -0.15) is 0 Å². The van der Waals surface area contributed by atoms with Crippen LogP contribution in [0.4, 0.5) is 4.39 Å². The Labute approximate surface area is 73.6 Å². The molecule has 0 saturated carbocycles. The molecule has 0 unspecified atom stereocenters. The van der Waals surface area contributed by atoms with E-state index in [2.05, 4.69) is 0 Å². The smallest absolute Gasteiger partial charge is 0.162 e. The highest BCUT2D eigenvalue weighted by Gasteiger charge is 2.10. The van der Waals surface area contributed by atoms with Crippen LogP contribution in [-0.2, 0) is 0 Å². The second-order valence-electron chi connectivity index (χ2n) is 2.34. The molecule has 12 heavy (non-hydrogen) atoms. The van der Waals surface area contributed by atoms with Gasteiger partial charge in [-0.25, -0.2) is 4.39 Å². The van der Waals surface area contributed by atoms with Crippen LogP contribution in [0.15, 0.2) is 12.1 Å². The van der Waals surface area contributed by atoms with Crippen LogP contribution >= 0.6 is 11.6 Å². The molecular weight excluding hydrogens is 183 g/mol. The van der Waals surface area contributed by atoms with Crippen molar-refractivity contribution in [2.75, 3.05) is 0 Å². The Bertz CT molecular complexity index is 336. The van der Waals surface area contributed by atoms with E-state index in [0.717, 1.165) is 12.1 Å². The van der Waals surface area contributed by atoms with Crippen molar-refractivity contribution in [3.63, 3.8) is 0 Å². The molecule has 0 aliphatic rings. The molecule has 0 atom stereocenters. The lowest BCUT2D eigenvalue weighted by atomic mass is 10.1. The molecule has 0 aromatic heterocycles. The Balaban J connectivity index is 3.33. The van der Waals surface area contributed by atoms with E-state index in [0.29, 0.717) is 0 Å². The number of halogens is 2. The summed E-state index contributed by atoms with van der Waals surface area (Å²) >= 11 is 5.39. The molecule has 0 aliphatic carbocycles. The first-order valence-electron chi connectivity index (χ1n) is 3.21. The average Bonchev–Trinajstić information content (AvgIpc) is 1.96. The van der Waals surface area contributed by atoms with Crippen molar-refractivity contribution >= 4 is 17.4 Å². The molecule has 2 nitrogen and oxygen atoms in total. The molecule has 0 heterocycles. The van der Waals surface area contributed by atoms with E-state index in [-0.39, 0.29) is 16.3 Å². The second-order valence-corrected chi connectivity index (χ2v) is 2.75. The number of rotatable bonds is 1. The van der Waals surface area contributed by atoms with Gasteiger partial charge in [0.15, 0.2) is 5.78 Å². The molecule has 4 heteroatoms. The maximum atomic E-state index is 12.9. The van der Waals surface area contributed by atoms with E-state index in [1.54, 1.807) is 0 Å². The van der Waals surface area contributed by atoms with Gasteiger partial charge in [-0.1, -0.05) is 11.6 Å². The molecule has 0 amide bonds. The molecular formula is C8H6ClFO2. The fraction of sp³-hybridized carbons (Fsp3) is 0.125. The van der Waals surface area contributed by atoms with Gasteiger partial charge in [-0.3, -0.25) is 4.79 Å². The first kappa shape index (κ1) is 9.00. The number of carbonyl (C=O) groups excluding carboxylic acids is 1. The van der Waals surface area contributed by atoms with Gasteiger partial charge in [0.25, 0.3) is 0 Å². The lowest BCUT2D eigenvalue weighted by Gasteiger charge is -2.00. The standard InChI is InChI=1S/C8H6ClFO2/c1-4(11)5-2-8(12)6(9)3-7(5)10/h2-3,12H,1H3. The molecule has 1 N–H and O–H groups in total. The fourth-order valence-electron chi connectivity index (χ4n) is 0.807. The van der Waals surface area contributed by atoms with Crippen LogP contribution < -0.4 is 0 Å². The van der Waals surface area contributed by atoms with Crippen LogP contribution in [0.3, 0.4) is 0 Å². The molecule has 0 spiro atoms. The Morgan fingerprint density at radius 3 is 2.67 bits per heavy atom. The van der Waals surface area contributed by atoms with E-state index in [9.17, 15) is 9.18 Å². The van der Waals surface area contributed by atoms with Crippen LogP contribution in [0.2, 0.25) is 5.02 Å². The Kier molecular flexibility index (Phi) is 2.33. The summed E-state index contributed by atoms with van der Waals surface area (Å²) in [4.78, 5) is 10.7. The molecule has 0 radical (unpaired) electrons. The molecule has 0 saturated heterocycles. The van der Waals surface area contributed by atoms with Crippen LogP contribution in [-0.4, -0.2) is 10.9 Å². The van der Waals surface area contributed by atoms with Gasteiger partial charge < -0.3 is 5.11 Å². The zero-order chi connectivity index (χ0) is 9.30. The number of benzene rings is 1. The predicted molar refractivity (Wildman–Crippen MR) is 43.1 cm³/mol. The highest BCUT2D eigenvalue weighted by molar-refractivity contribution is 6.32. The number of ketones is 1. The van der Waals surface area contributed by atoms with Gasteiger partial charge >= 0.3 is 0 Å². The lowest BCUT2D eigenvalue weighted by molar-refractivity contribution is 0.101. The summed E-state index contributed by atoms with van der Waals surface area (Å²) in [7, 11) is 0. The molecule has 1 rings (SSSR count). The molecule has 0 fully saturated rings. The summed E-state index contributed by atoms with van der Waals surface area (Å²) in [5.41, 5.74) is -0.156. The maximum absolute atomic E-state index is 12.9. The summed E-state index contributed by atoms with van der Waals surface area (Å²) < 4.78 is 12.9. The van der Waals surface area contributed by atoms with Crippen molar-refractivity contribution in [3.8, 4) is 5.75 Å². The topological polar surface area (TPSA) is 37.3 Å². The Hall–Kier alpha value is -1.09. The SMILES string of the molecule is CC(=O)c1cc(O)c(Cl)cc1F. The lowest BCUT2D eigenvalue weighted by Crippen LogP contribution is -1.96. The zero-order valence-electron chi connectivity index (χ0n) is 6.27. The summed E-state index contributed by atoms with van der Waals surface area (Å²) in [6.45, 7) is 1.21. The third-order valence-corrected chi connectivity index (χ3v) is 1.72. The summed E-state index contributed by atoms with van der Waals surface area (Å²) in [5, 5.41) is 8.92. The van der Waals surface area contributed by atoms with E-state index in [1.807, 2.05) is 0 Å². The summed E-state index contributed by atoms with van der Waals surface area (Å²) in [5.74, 6) is -1.45. The number of hydrogen-bond acceptors (Lipinski definition) is 2. The molecule has 0 aliphatic heterocycles. The van der Waals surface area contributed by atoms with Crippen molar-refractivity contribution in [2.24, 2.45) is 0 Å². The van der Waals surface area contributed by atoms with Crippen LogP contribution in [0.25, 0.3) is 0 Å². The Morgan fingerprint density at radius 1 is 1.58 bits per heavy atom. The van der Waals surface area contributed by atoms with Crippen molar-refractivity contribution < 1.29 is 14.3 Å². The minimum Gasteiger partial charge on any atom is -0.506 e. The van der Waals surface area contributed by atoms with Crippen LogP contribution in [0.5, 0.6) is 5.75 Å².